The summed E-state index contributed by atoms with van der Waals surface area (Å²) in [7, 11) is 0. The summed E-state index contributed by atoms with van der Waals surface area (Å²) < 4.78 is 21.8. The molecule has 1 amide bonds. The molecule has 0 aromatic heterocycles. The number of hydrogen-bond donors (Lipinski definition) is 2. The van der Waals surface area contributed by atoms with Gasteiger partial charge in [0, 0.05) is 32.8 Å². The van der Waals surface area contributed by atoms with Crippen LogP contribution >= 0.6 is 0 Å². The summed E-state index contributed by atoms with van der Waals surface area (Å²) in [5.74, 6) is 0.0752. The van der Waals surface area contributed by atoms with E-state index in [1.54, 1.807) is 0 Å². The maximum atomic E-state index is 11.6. The largest absolute Gasteiger partial charge is 0.379 e. The Morgan fingerprint density at radius 1 is 0.808 bits per heavy atom. The highest BCUT2D eigenvalue weighted by Gasteiger charge is 2.01. The lowest BCUT2D eigenvalue weighted by Gasteiger charge is -2.08. The van der Waals surface area contributed by atoms with Crippen molar-refractivity contribution in [2.24, 2.45) is 0 Å². The predicted molar refractivity (Wildman–Crippen MR) is 104 cm³/mol. The van der Waals surface area contributed by atoms with E-state index in [1.807, 2.05) is 13.8 Å². The molecule has 0 rings (SSSR count). The fourth-order valence-electron chi connectivity index (χ4n) is 2.06. The molecule has 0 saturated heterocycles. The molecule has 0 aliphatic carbocycles. The highest BCUT2D eigenvalue weighted by atomic mass is 16.5. The lowest BCUT2D eigenvalue weighted by molar-refractivity contribution is -0.121. The molecule has 0 heterocycles. The van der Waals surface area contributed by atoms with Gasteiger partial charge in [0.25, 0.3) is 0 Å². The monoisotopic (exact) mass is 376 g/mol. The molecule has 0 aliphatic heterocycles. The fourth-order valence-corrected chi connectivity index (χ4v) is 2.06. The van der Waals surface area contributed by atoms with Gasteiger partial charge in [-0.3, -0.25) is 4.79 Å². The Morgan fingerprint density at radius 2 is 1.38 bits per heavy atom. The molecule has 7 nitrogen and oxygen atoms in total. The van der Waals surface area contributed by atoms with E-state index in [-0.39, 0.29) is 12.0 Å². The summed E-state index contributed by atoms with van der Waals surface area (Å²) in [6.07, 6.45) is 3.33. The van der Waals surface area contributed by atoms with Gasteiger partial charge in [0.2, 0.25) is 5.91 Å². The van der Waals surface area contributed by atoms with Crippen LogP contribution in [0.3, 0.4) is 0 Å². The molecule has 0 aromatic carbocycles. The van der Waals surface area contributed by atoms with Crippen LogP contribution in [0.25, 0.3) is 0 Å². The quantitative estimate of drug-likeness (QED) is 0.315. The first-order valence-corrected chi connectivity index (χ1v) is 9.99. The Kier molecular flexibility index (Phi) is 20.0. The van der Waals surface area contributed by atoms with E-state index < -0.39 is 0 Å². The molecule has 2 N–H and O–H groups in total. The normalized spacial score (nSPS) is 11.2. The molecule has 7 heteroatoms. The molecule has 0 aliphatic rings. The lowest BCUT2D eigenvalue weighted by atomic mass is 10.3. The van der Waals surface area contributed by atoms with Crippen molar-refractivity contribution in [1.29, 1.82) is 0 Å². The van der Waals surface area contributed by atoms with E-state index in [1.165, 1.54) is 0 Å². The molecule has 0 unspecified atom stereocenters. The minimum atomic E-state index is 0.0752. The van der Waals surface area contributed by atoms with E-state index in [4.69, 9.17) is 18.9 Å². The molecule has 0 fully saturated rings. The highest BCUT2D eigenvalue weighted by Crippen LogP contribution is 1.94. The Morgan fingerprint density at radius 3 is 1.96 bits per heavy atom. The van der Waals surface area contributed by atoms with Crippen LogP contribution < -0.4 is 10.6 Å². The van der Waals surface area contributed by atoms with Gasteiger partial charge in [0.05, 0.1) is 32.5 Å². The van der Waals surface area contributed by atoms with E-state index >= 15 is 0 Å². The van der Waals surface area contributed by atoms with Crippen LogP contribution in [0.15, 0.2) is 0 Å². The second-order valence-electron chi connectivity index (χ2n) is 6.27. The second kappa shape index (κ2) is 20.6. The fraction of sp³-hybridized carbons (Fsp3) is 0.947. The Bertz CT molecular complexity index is 304. The van der Waals surface area contributed by atoms with Gasteiger partial charge >= 0.3 is 0 Å². The van der Waals surface area contributed by atoms with E-state index in [0.717, 1.165) is 39.0 Å². The van der Waals surface area contributed by atoms with Crippen molar-refractivity contribution in [2.75, 3.05) is 65.9 Å². The molecule has 0 spiro atoms. The standard InChI is InChI=1S/C19H40N2O5/c1-4-20-9-6-11-23-14-16-25-17-15-24-12-7-10-21-19(22)8-5-13-26-18(2)3/h18,20H,4-17H2,1-3H3,(H,21,22). The van der Waals surface area contributed by atoms with Crippen LogP contribution in [0.2, 0.25) is 0 Å². The number of hydrogen-bond acceptors (Lipinski definition) is 6. The summed E-state index contributed by atoms with van der Waals surface area (Å²) in [5, 5.41) is 6.14. The number of ether oxygens (including phenoxy) is 4. The summed E-state index contributed by atoms with van der Waals surface area (Å²) in [6.45, 7) is 13.1. The second-order valence-corrected chi connectivity index (χ2v) is 6.27. The number of amides is 1. The Hall–Kier alpha value is -0.730. The third kappa shape index (κ3) is 21.3. The molecule has 26 heavy (non-hydrogen) atoms. The topological polar surface area (TPSA) is 78.0 Å². The van der Waals surface area contributed by atoms with Crippen molar-refractivity contribution >= 4 is 5.91 Å². The zero-order chi connectivity index (χ0) is 19.3. The van der Waals surface area contributed by atoms with E-state index in [9.17, 15) is 4.79 Å². The SMILES string of the molecule is CCNCCCOCCOCCOCCCNC(=O)CCCOC(C)C. The van der Waals surface area contributed by atoms with Crippen LogP contribution in [0, 0.1) is 0 Å². The summed E-state index contributed by atoms with van der Waals surface area (Å²) >= 11 is 0. The number of carbonyl (C=O) groups is 1. The van der Waals surface area contributed by atoms with Gasteiger partial charge in [-0.05, 0) is 46.2 Å². The minimum absolute atomic E-state index is 0.0752. The van der Waals surface area contributed by atoms with Crippen molar-refractivity contribution in [3.8, 4) is 0 Å². The summed E-state index contributed by atoms with van der Waals surface area (Å²) in [4.78, 5) is 11.6. The Balaban J connectivity index is 3.11. The average molecular weight is 377 g/mol. The van der Waals surface area contributed by atoms with Gasteiger partial charge in [-0.1, -0.05) is 6.92 Å². The smallest absolute Gasteiger partial charge is 0.220 e. The van der Waals surface area contributed by atoms with Crippen LogP contribution in [0.1, 0.15) is 46.5 Å². The van der Waals surface area contributed by atoms with Gasteiger partial charge in [-0.25, -0.2) is 0 Å². The predicted octanol–water partition coefficient (Wildman–Crippen LogP) is 1.75. The minimum Gasteiger partial charge on any atom is -0.379 e. The molecular formula is C19H40N2O5. The van der Waals surface area contributed by atoms with Gasteiger partial charge in [-0.15, -0.1) is 0 Å². The molecule has 156 valence electrons. The van der Waals surface area contributed by atoms with Crippen LogP contribution in [-0.2, 0) is 23.7 Å². The van der Waals surface area contributed by atoms with Crippen LogP contribution in [-0.4, -0.2) is 77.9 Å². The summed E-state index contributed by atoms with van der Waals surface area (Å²) in [5.41, 5.74) is 0. The molecule has 0 saturated carbocycles. The number of nitrogens with one attached hydrogen (secondary N) is 2. The average Bonchev–Trinajstić information content (AvgIpc) is 2.62. The molecule has 0 aromatic rings. The number of rotatable bonds is 20. The van der Waals surface area contributed by atoms with Crippen molar-refractivity contribution < 1.29 is 23.7 Å². The maximum absolute atomic E-state index is 11.6. The maximum Gasteiger partial charge on any atom is 0.220 e. The van der Waals surface area contributed by atoms with Crippen LogP contribution in [0.5, 0.6) is 0 Å². The van der Waals surface area contributed by atoms with Gasteiger partial charge in [0.1, 0.15) is 0 Å². The van der Waals surface area contributed by atoms with Crippen molar-refractivity contribution in [3.63, 3.8) is 0 Å². The number of carbonyl (C=O) groups excluding carboxylic acids is 1. The van der Waals surface area contributed by atoms with Gasteiger partial charge < -0.3 is 29.6 Å². The molecular weight excluding hydrogens is 336 g/mol. The highest BCUT2D eigenvalue weighted by molar-refractivity contribution is 5.75. The van der Waals surface area contributed by atoms with Gasteiger partial charge in [0.15, 0.2) is 0 Å². The molecule has 0 atom stereocenters. The van der Waals surface area contributed by atoms with Crippen LogP contribution in [0.4, 0.5) is 0 Å². The lowest BCUT2D eigenvalue weighted by Crippen LogP contribution is -2.25. The summed E-state index contributed by atoms with van der Waals surface area (Å²) in [6, 6.07) is 0. The first-order valence-electron chi connectivity index (χ1n) is 9.99. The third-order valence-electron chi connectivity index (χ3n) is 3.42. The molecule has 0 bridgehead atoms. The van der Waals surface area contributed by atoms with Crippen molar-refractivity contribution in [1.82, 2.24) is 10.6 Å². The van der Waals surface area contributed by atoms with Crippen molar-refractivity contribution in [3.05, 3.63) is 0 Å². The van der Waals surface area contributed by atoms with E-state index in [2.05, 4.69) is 17.6 Å². The van der Waals surface area contributed by atoms with Crippen molar-refractivity contribution in [2.45, 2.75) is 52.6 Å². The molecule has 0 radical (unpaired) electrons. The first kappa shape index (κ1) is 25.3. The van der Waals surface area contributed by atoms with Gasteiger partial charge in [-0.2, -0.15) is 0 Å². The zero-order valence-corrected chi connectivity index (χ0v) is 17.0. The van der Waals surface area contributed by atoms with E-state index in [0.29, 0.717) is 52.6 Å². The third-order valence-corrected chi connectivity index (χ3v) is 3.42. The first-order chi connectivity index (χ1) is 12.7. The Labute approximate surface area is 159 Å². The zero-order valence-electron chi connectivity index (χ0n) is 17.0.